The van der Waals surface area contributed by atoms with Gasteiger partial charge >= 0.3 is 0 Å². The molecule has 3 rings (SSSR count). The van der Waals surface area contributed by atoms with Crippen molar-refractivity contribution in [3.05, 3.63) is 90.0 Å². The first-order valence-electron chi connectivity index (χ1n) is 11.0. The van der Waals surface area contributed by atoms with Crippen LogP contribution in [-0.2, 0) is 14.8 Å². The largest absolute Gasteiger partial charge is 0.352 e. The molecule has 0 aliphatic rings. The normalized spacial score (nSPS) is 11.2. The number of rotatable bonds is 9. The van der Waals surface area contributed by atoms with Crippen LogP contribution in [0.25, 0.3) is 0 Å². The van der Waals surface area contributed by atoms with Gasteiger partial charge in [-0.15, -0.1) is 0 Å². The number of carbonyl (C=O) groups excluding carboxylic acids is 2. The molecule has 0 bridgehead atoms. The molecule has 0 aliphatic heterocycles. The second kappa shape index (κ2) is 11.0. The standard InChI is InChI=1S/C26H29N3O4S/c1-19(2)17-27-26(31)22-14-8-9-15-23(22)28-25(30)18-29(24-16-10-7-11-20(24)3)34(32,33)21-12-5-4-6-13-21/h4-16,19H,17-18H2,1-3H3,(H,27,31)(H,28,30). The fraction of sp³-hybridized carbons (Fsp3) is 0.231. The summed E-state index contributed by atoms with van der Waals surface area (Å²) in [5.41, 5.74) is 1.74. The Morgan fingerprint density at radius 1 is 0.882 bits per heavy atom. The molecule has 178 valence electrons. The first kappa shape index (κ1) is 25.0. The van der Waals surface area contributed by atoms with Gasteiger partial charge in [0.15, 0.2) is 0 Å². The van der Waals surface area contributed by atoms with E-state index in [4.69, 9.17) is 0 Å². The van der Waals surface area contributed by atoms with Crippen molar-refractivity contribution in [1.29, 1.82) is 0 Å². The van der Waals surface area contributed by atoms with E-state index in [9.17, 15) is 18.0 Å². The average Bonchev–Trinajstić information content (AvgIpc) is 2.82. The number of carbonyl (C=O) groups is 2. The highest BCUT2D eigenvalue weighted by molar-refractivity contribution is 7.92. The van der Waals surface area contributed by atoms with Gasteiger partial charge < -0.3 is 10.6 Å². The minimum absolute atomic E-state index is 0.0829. The van der Waals surface area contributed by atoms with Crippen molar-refractivity contribution in [2.75, 3.05) is 22.7 Å². The number of hydrogen-bond donors (Lipinski definition) is 2. The molecule has 0 aromatic heterocycles. The first-order chi connectivity index (χ1) is 16.2. The van der Waals surface area contributed by atoms with Gasteiger partial charge in [0, 0.05) is 6.54 Å². The molecule has 0 aliphatic carbocycles. The Morgan fingerprint density at radius 2 is 1.50 bits per heavy atom. The van der Waals surface area contributed by atoms with E-state index in [1.165, 1.54) is 12.1 Å². The molecule has 7 nitrogen and oxygen atoms in total. The third-order valence-corrected chi connectivity index (χ3v) is 6.89. The Labute approximate surface area is 200 Å². The highest BCUT2D eigenvalue weighted by atomic mass is 32.2. The summed E-state index contributed by atoms with van der Waals surface area (Å²) in [6, 6.07) is 21.6. The number of nitrogens with one attached hydrogen (secondary N) is 2. The highest BCUT2D eigenvalue weighted by Gasteiger charge is 2.28. The van der Waals surface area contributed by atoms with Crippen molar-refractivity contribution in [3.63, 3.8) is 0 Å². The molecule has 8 heteroatoms. The lowest BCUT2D eigenvalue weighted by molar-refractivity contribution is -0.114. The number of para-hydroxylation sites is 2. The Kier molecular flexibility index (Phi) is 8.07. The van der Waals surface area contributed by atoms with Crippen LogP contribution >= 0.6 is 0 Å². The van der Waals surface area contributed by atoms with Crippen molar-refractivity contribution in [1.82, 2.24) is 5.32 Å². The third-order valence-electron chi connectivity index (χ3n) is 5.12. The van der Waals surface area contributed by atoms with Gasteiger partial charge in [0.1, 0.15) is 6.54 Å². The predicted molar refractivity (Wildman–Crippen MR) is 134 cm³/mol. The fourth-order valence-electron chi connectivity index (χ4n) is 3.36. The maximum atomic E-state index is 13.5. The zero-order valence-electron chi connectivity index (χ0n) is 19.5. The van der Waals surface area contributed by atoms with Gasteiger partial charge in [-0.05, 0) is 48.7 Å². The Balaban J connectivity index is 1.90. The molecule has 0 unspecified atom stereocenters. The molecule has 0 atom stereocenters. The summed E-state index contributed by atoms with van der Waals surface area (Å²) < 4.78 is 28.0. The van der Waals surface area contributed by atoms with Crippen molar-refractivity contribution < 1.29 is 18.0 Å². The molecule has 0 heterocycles. The van der Waals surface area contributed by atoms with Crippen LogP contribution in [0.4, 0.5) is 11.4 Å². The van der Waals surface area contributed by atoms with E-state index in [1.807, 2.05) is 13.8 Å². The number of aryl methyl sites for hydroxylation is 1. The lowest BCUT2D eigenvalue weighted by Gasteiger charge is -2.25. The van der Waals surface area contributed by atoms with Crippen LogP contribution < -0.4 is 14.9 Å². The van der Waals surface area contributed by atoms with Gasteiger partial charge in [-0.2, -0.15) is 0 Å². The van der Waals surface area contributed by atoms with Crippen LogP contribution in [0.15, 0.2) is 83.8 Å². The molecule has 0 saturated heterocycles. The number of hydrogen-bond acceptors (Lipinski definition) is 4. The SMILES string of the molecule is Cc1ccccc1N(CC(=O)Nc1ccccc1C(=O)NCC(C)C)S(=O)(=O)c1ccccc1. The topological polar surface area (TPSA) is 95.6 Å². The second-order valence-electron chi connectivity index (χ2n) is 8.31. The third kappa shape index (κ3) is 6.02. The van der Waals surface area contributed by atoms with Crippen molar-refractivity contribution in [3.8, 4) is 0 Å². The maximum absolute atomic E-state index is 13.5. The van der Waals surface area contributed by atoms with Gasteiger partial charge in [-0.3, -0.25) is 13.9 Å². The maximum Gasteiger partial charge on any atom is 0.264 e. The summed E-state index contributed by atoms with van der Waals surface area (Å²) in [5.74, 6) is -0.597. The van der Waals surface area contributed by atoms with E-state index in [1.54, 1.807) is 73.7 Å². The lowest BCUT2D eigenvalue weighted by atomic mass is 10.1. The van der Waals surface area contributed by atoms with Gasteiger partial charge in [-0.25, -0.2) is 8.42 Å². The van der Waals surface area contributed by atoms with E-state index < -0.39 is 22.5 Å². The van der Waals surface area contributed by atoms with Gasteiger partial charge in [0.2, 0.25) is 5.91 Å². The van der Waals surface area contributed by atoms with Crippen molar-refractivity contribution >= 4 is 33.2 Å². The zero-order chi connectivity index (χ0) is 24.7. The van der Waals surface area contributed by atoms with Crippen LogP contribution in [0.2, 0.25) is 0 Å². The van der Waals surface area contributed by atoms with Gasteiger partial charge in [-0.1, -0.05) is 62.4 Å². The summed E-state index contributed by atoms with van der Waals surface area (Å²) >= 11 is 0. The summed E-state index contributed by atoms with van der Waals surface area (Å²) in [5, 5.41) is 5.55. The van der Waals surface area contributed by atoms with E-state index in [-0.39, 0.29) is 16.7 Å². The minimum Gasteiger partial charge on any atom is -0.352 e. The molecule has 3 aromatic carbocycles. The molecule has 3 aromatic rings. The lowest BCUT2D eigenvalue weighted by Crippen LogP contribution is -2.39. The molecule has 0 spiro atoms. The molecule has 2 amide bonds. The highest BCUT2D eigenvalue weighted by Crippen LogP contribution is 2.27. The summed E-state index contributed by atoms with van der Waals surface area (Å²) in [4.78, 5) is 25.8. The summed E-state index contributed by atoms with van der Waals surface area (Å²) in [6.07, 6.45) is 0. The average molecular weight is 480 g/mol. The first-order valence-corrected chi connectivity index (χ1v) is 12.4. The molecule has 0 fully saturated rings. The number of benzene rings is 3. The smallest absolute Gasteiger partial charge is 0.264 e. The number of anilines is 2. The zero-order valence-corrected chi connectivity index (χ0v) is 20.3. The van der Waals surface area contributed by atoms with Gasteiger partial charge in [0.05, 0.1) is 21.8 Å². The van der Waals surface area contributed by atoms with Crippen LogP contribution in [0.1, 0.15) is 29.8 Å². The van der Waals surface area contributed by atoms with Crippen LogP contribution in [0.3, 0.4) is 0 Å². The van der Waals surface area contributed by atoms with E-state index in [2.05, 4.69) is 10.6 Å². The number of amides is 2. The van der Waals surface area contributed by atoms with E-state index in [0.717, 1.165) is 4.31 Å². The van der Waals surface area contributed by atoms with Crippen LogP contribution in [0, 0.1) is 12.8 Å². The molecule has 0 saturated carbocycles. The second-order valence-corrected chi connectivity index (χ2v) is 10.2. The molecule has 0 radical (unpaired) electrons. The minimum atomic E-state index is -4.02. The monoisotopic (exact) mass is 479 g/mol. The van der Waals surface area contributed by atoms with E-state index in [0.29, 0.717) is 29.0 Å². The summed E-state index contributed by atoms with van der Waals surface area (Å²) in [7, 11) is -4.02. The molecule has 34 heavy (non-hydrogen) atoms. The quantitative estimate of drug-likeness (QED) is 0.480. The predicted octanol–water partition coefficient (Wildman–Crippen LogP) is 4.21. The fourth-order valence-corrected chi connectivity index (χ4v) is 4.87. The Hall–Kier alpha value is -3.65. The molecular formula is C26H29N3O4S. The Bertz CT molecular complexity index is 1260. The van der Waals surface area contributed by atoms with Crippen molar-refractivity contribution in [2.45, 2.75) is 25.7 Å². The van der Waals surface area contributed by atoms with Gasteiger partial charge in [0.25, 0.3) is 15.9 Å². The summed E-state index contributed by atoms with van der Waals surface area (Å²) in [6.45, 7) is 5.80. The number of sulfonamides is 1. The Morgan fingerprint density at radius 3 is 2.18 bits per heavy atom. The molecule has 2 N–H and O–H groups in total. The van der Waals surface area contributed by atoms with E-state index >= 15 is 0 Å². The molecular weight excluding hydrogens is 450 g/mol. The number of nitrogens with zero attached hydrogens (tertiary/aromatic N) is 1. The van der Waals surface area contributed by atoms with Crippen LogP contribution in [0.5, 0.6) is 0 Å². The van der Waals surface area contributed by atoms with Crippen molar-refractivity contribution in [2.24, 2.45) is 5.92 Å². The van der Waals surface area contributed by atoms with Crippen LogP contribution in [-0.4, -0.2) is 33.3 Å².